The van der Waals surface area contributed by atoms with E-state index in [4.69, 9.17) is 4.98 Å². The van der Waals surface area contributed by atoms with E-state index in [2.05, 4.69) is 14.2 Å². The van der Waals surface area contributed by atoms with E-state index in [1.807, 2.05) is 0 Å². The first-order valence-electron chi connectivity index (χ1n) is 9.91. The Bertz CT molecular complexity index is 754. The van der Waals surface area contributed by atoms with Crippen LogP contribution in [0.4, 0.5) is 13.9 Å². The summed E-state index contributed by atoms with van der Waals surface area (Å²) >= 11 is 1.51. The van der Waals surface area contributed by atoms with Crippen molar-refractivity contribution in [3.05, 3.63) is 41.2 Å². The number of hydrogen-bond acceptors (Lipinski definition) is 5. The van der Waals surface area contributed by atoms with Crippen LogP contribution in [0.2, 0.25) is 0 Å². The molecule has 1 aliphatic carbocycles. The molecular weight excluding hydrogens is 366 g/mol. The van der Waals surface area contributed by atoms with Gasteiger partial charge < -0.3 is 4.90 Å². The largest absolute Gasteiger partial charge is 0.344 e. The summed E-state index contributed by atoms with van der Waals surface area (Å²) in [7, 11) is 0. The minimum absolute atomic E-state index is 0.737. The molecule has 2 aliphatic rings. The Morgan fingerprint density at radius 2 is 1.85 bits per heavy atom. The van der Waals surface area contributed by atoms with Gasteiger partial charge in [-0.05, 0) is 36.5 Å². The third-order valence-electron chi connectivity index (χ3n) is 5.51. The monoisotopic (exact) mass is 392 g/mol. The maximum Gasteiger partial charge on any atom is 0.205 e. The predicted molar refractivity (Wildman–Crippen MR) is 104 cm³/mol. The first-order chi connectivity index (χ1) is 13.2. The lowest BCUT2D eigenvalue weighted by Crippen LogP contribution is -2.47. The second kappa shape index (κ2) is 8.61. The third-order valence-corrected chi connectivity index (χ3v) is 6.33. The highest BCUT2D eigenvalue weighted by atomic mass is 32.1. The molecule has 0 bridgehead atoms. The average Bonchev–Trinajstić information content (AvgIpc) is 3.39. The third kappa shape index (κ3) is 5.23. The number of aromatic nitrogens is 2. The molecule has 0 unspecified atom stereocenters. The van der Waals surface area contributed by atoms with Crippen LogP contribution in [0.5, 0.6) is 0 Å². The number of benzene rings is 1. The van der Waals surface area contributed by atoms with Gasteiger partial charge in [-0.3, -0.25) is 4.90 Å². The highest BCUT2D eigenvalue weighted by molar-refractivity contribution is 7.09. The molecule has 1 saturated heterocycles. The van der Waals surface area contributed by atoms with E-state index in [9.17, 15) is 8.78 Å². The van der Waals surface area contributed by atoms with Gasteiger partial charge in [-0.1, -0.05) is 25.3 Å². The molecule has 27 heavy (non-hydrogen) atoms. The topological polar surface area (TPSA) is 32.3 Å². The van der Waals surface area contributed by atoms with E-state index >= 15 is 0 Å². The summed E-state index contributed by atoms with van der Waals surface area (Å²) in [6.07, 6.45) is 7.10. The van der Waals surface area contributed by atoms with Crippen LogP contribution in [0.1, 0.15) is 37.1 Å². The van der Waals surface area contributed by atoms with Crippen LogP contribution in [0.15, 0.2) is 18.2 Å². The van der Waals surface area contributed by atoms with Gasteiger partial charge in [0.2, 0.25) is 5.13 Å². The number of halogens is 2. The summed E-state index contributed by atoms with van der Waals surface area (Å²) in [4.78, 5) is 9.41. The molecule has 1 aliphatic heterocycles. The molecule has 1 aromatic carbocycles. The zero-order valence-corrected chi connectivity index (χ0v) is 16.4. The van der Waals surface area contributed by atoms with Crippen molar-refractivity contribution in [2.45, 2.75) is 38.5 Å². The van der Waals surface area contributed by atoms with Crippen LogP contribution in [0, 0.1) is 17.6 Å². The van der Waals surface area contributed by atoms with Crippen molar-refractivity contribution in [2.75, 3.05) is 37.6 Å². The molecule has 7 heteroatoms. The summed E-state index contributed by atoms with van der Waals surface area (Å²) < 4.78 is 30.8. The van der Waals surface area contributed by atoms with Gasteiger partial charge in [0.1, 0.15) is 5.82 Å². The first kappa shape index (κ1) is 18.7. The molecule has 0 spiro atoms. The predicted octanol–water partition coefficient (Wildman–Crippen LogP) is 3.91. The Labute approximate surface area is 163 Å². The number of nitrogens with zero attached hydrogens (tertiary/aromatic N) is 4. The molecule has 0 atom stereocenters. The van der Waals surface area contributed by atoms with Gasteiger partial charge in [-0.2, -0.15) is 4.37 Å². The fourth-order valence-corrected chi connectivity index (χ4v) is 4.34. The molecule has 2 heterocycles. The van der Waals surface area contributed by atoms with Crippen molar-refractivity contribution in [3.8, 4) is 0 Å². The van der Waals surface area contributed by atoms with Gasteiger partial charge >= 0.3 is 0 Å². The number of anilines is 1. The minimum Gasteiger partial charge on any atom is -0.344 e. The highest BCUT2D eigenvalue weighted by Crippen LogP contribution is 2.33. The van der Waals surface area contributed by atoms with Crippen molar-refractivity contribution in [1.29, 1.82) is 0 Å². The van der Waals surface area contributed by atoms with Crippen molar-refractivity contribution in [1.82, 2.24) is 14.3 Å². The summed E-state index contributed by atoms with van der Waals surface area (Å²) in [6.45, 7) is 4.66. The van der Waals surface area contributed by atoms with Crippen LogP contribution in [0.3, 0.4) is 0 Å². The second-order valence-electron chi connectivity index (χ2n) is 7.66. The molecule has 1 aromatic heterocycles. The van der Waals surface area contributed by atoms with Crippen molar-refractivity contribution < 1.29 is 8.78 Å². The highest BCUT2D eigenvalue weighted by Gasteiger charge is 2.22. The maximum absolute atomic E-state index is 13.3. The molecule has 2 aromatic rings. The zero-order valence-electron chi connectivity index (χ0n) is 15.5. The van der Waals surface area contributed by atoms with Gasteiger partial charge in [-0.15, -0.1) is 0 Å². The molecule has 146 valence electrons. The van der Waals surface area contributed by atoms with Crippen LogP contribution in [0.25, 0.3) is 0 Å². The summed E-state index contributed by atoms with van der Waals surface area (Å²) in [5.41, 5.74) is 0.844. The summed E-state index contributed by atoms with van der Waals surface area (Å²) in [5.74, 6) is 0.428. The van der Waals surface area contributed by atoms with E-state index in [0.29, 0.717) is 0 Å². The van der Waals surface area contributed by atoms with Gasteiger partial charge in [0, 0.05) is 50.7 Å². The summed E-state index contributed by atoms with van der Waals surface area (Å²) in [5, 5.41) is 1.04. The number of rotatable bonds is 8. The minimum atomic E-state index is -0.781. The quantitative estimate of drug-likeness (QED) is 0.682. The van der Waals surface area contributed by atoms with Crippen LogP contribution in [-0.2, 0) is 12.8 Å². The number of hydrogen-bond donors (Lipinski definition) is 0. The Hall–Kier alpha value is -1.60. The lowest BCUT2D eigenvalue weighted by Gasteiger charge is -2.34. The molecule has 4 nitrogen and oxygen atoms in total. The molecule has 0 amide bonds. The van der Waals surface area contributed by atoms with E-state index < -0.39 is 11.6 Å². The fourth-order valence-electron chi connectivity index (χ4n) is 3.58. The van der Waals surface area contributed by atoms with E-state index in [-0.39, 0.29) is 0 Å². The van der Waals surface area contributed by atoms with Gasteiger partial charge in [0.25, 0.3) is 0 Å². The Morgan fingerprint density at radius 1 is 1.04 bits per heavy atom. The van der Waals surface area contributed by atoms with E-state index in [1.165, 1.54) is 49.3 Å². The smallest absolute Gasteiger partial charge is 0.205 e. The average molecular weight is 393 g/mol. The number of aryl methyl sites for hydroxylation is 1. The van der Waals surface area contributed by atoms with Crippen LogP contribution < -0.4 is 4.90 Å². The molecule has 0 radical (unpaired) electrons. The Morgan fingerprint density at radius 3 is 2.59 bits per heavy atom. The van der Waals surface area contributed by atoms with E-state index in [0.717, 1.165) is 68.0 Å². The van der Waals surface area contributed by atoms with Crippen molar-refractivity contribution in [3.63, 3.8) is 0 Å². The molecule has 0 N–H and O–H groups in total. The molecule has 2 fully saturated rings. The molecule has 1 saturated carbocycles. The summed E-state index contributed by atoms with van der Waals surface area (Å²) in [6, 6.07) is 4.18. The lowest BCUT2D eigenvalue weighted by molar-refractivity contribution is 0.261. The van der Waals surface area contributed by atoms with Crippen molar-refractivity contribution >= 4 is 16.7 Å². The SMILES string of the molecule is Fc1ccc(CCN2CCN(c3nc(CCCC4CC4)ns3)CC2)cc1F. The normalized spacial score (nSPS) is 18.2. The van der Waals surface area contributed by atoms with Gasteiger partial charge in [0.05, 0.1) is 0 Å². The molecule has 4 rings (SSSR count). The van der Waals surface area contributed by atoms with Gasteiger partial charge in [-0.25, -0.2) is 13.8 Å². The van der Waals surface area contributed by atoms with Crippen molar-refractivity contribution in [2.24, 2.45) is 5.92 Å². The van der Waals surface area contributed by atoms with Gasteiger partial charge in [0.15, 0.2) is 11.6 Å². The Balaban J connectivity index is 1.20. The zero-order chi connectivity index (χ0) is 18.6. The lowest BCUT2D eigenvalue weighted by atomic mass is 10.1. The van der Waals surface area contributed by atoms with Crippen LogP contribution >= 0.6 is 11.5 Å². The Kier molecular flexibility index (Phi) is 5.98. The fraction of sp³-hybridized carbons (Fsp3) is 0.600. The van der Waals surface area contributed by atoms with Crippen LogP contribution in [-0.4, -0.2) is 47.0 Å². The number of piperazine rings is 1. The second-order valence-corrected chi connectivity index (χ2v) is 8.39. The first-order valence-corrected chi connectivity index (χ1v) is 10.7. The maximum atomic E-state index is 13.3. The van der Waals surface area contributed by atoms with E-state index in [1.54, 1.807) is 6.07 Å². The molecular formula is C20H26F2N4S. The standard InChI is InChI=1S/C20H26F2N4S/c21-17-7-6-16(14-18(17)22)8-9-25-10-12-26(13-11-25)20-23-19(24-27-20)3-1-2-15-4-5-15/h6-7,14-15H,1-5,8-13H2.